The summed E-state index contributed by atoms with van der Waals surface area (Å²) in [5.74, 6) is -0.136. The third kappa shape index (κ3) is 3.85. The fourth-order valence-electron chi connectivity index (χ4n) is 1.49. The molecule has 0 aliphatic rings. The Morgan fingerprint density at radius 2 is 1.47 bits per heavy atom. The molecule has 0 aliphatic carbocycles. The molecule has 0 spiro atoms. The topological polar surface area (TPSA) is 46.2 Å². The summed E-state index contributed by atoms with van der Waals surface area (Å²) in [6.07, 6.45) is 0. The highest BCUT2D eigenvalue weighted by Crippen LogP contribution is 2.41. The van der Waals surface area contributed by atoms with Gasteiger partial charge >= 0.3 is 0 Å². The quantitative estimate of drug-likeness (QED) is 0.722. The predicted octanol–water partition coefficient (Wildman–Crippen LogP) is 5.54. The number of aromatic hydroxyl groups is 1. The van der Waals surface area contributed by atoms with E-state index < -0.39 is 0 Å². The molecule has 0 aliphatic heterocycles. The Balaban J connectivity index is 3.71. The number of halogens is 6. The lowest BCUT2D eigenvalue weighted by molar-refractivity contribution is 0.473. The number of hydrogen-bond acceptors (Lipinski definition) is 2. The van der Waals surface area contributed by atoms with Crippen molar-refractivity contribution < 1.29 is 5.11 Å². The van der Waals surface area contributed by atoms with Crippen molar-refractivity contribution in [3.63, 3.8) is 0 Å². The van der Waals surface area contributed by atoms with Crippen LogP contribution in [-0.2, 0) is 6.54 Å². The SMILES string of the molecule is NCc1c(C(Cl)=C(Cl)Cl)ccc(O)c1C(Cl)=C(Cl)Cl. The Kier molecular flexibility index (Phi) is 6.61. The maximum Gasteiger partial charge on any atom is 0.126 e. The first-order chi connectivity index (χ1) is 8.81. The molecule has 104 valence electrons. The zero-order valence-electron chi connectivity index (χ0n) is 9.15. The summed E-state index contributed by atoms with van der Waals surface area (Å²) in [5.41, 5.74) is 6.70. The minimum atomic E-state index is -0.208. The van der Waals surface area contributed by atoms with Gasteiger partial charge in [0, 0.05) is 17.7 Å². The van der Waals surface area contributed by atoms with E-state index in [4.69, 9.17) is 75.3 Å². The highest BCUT2D eigenvalue weighted by atomic mass is 35.5. The Bertz CT molecular complexity index is 559. The van der Waals surface area contributed by atoms with Crippen molar-refractivity contribution >= 4 is 79.7 Å². The minimum Gasteiger partial charge on any atom is -0.507 e. The van der Waals surface area contributed by atoms with Crippen LogP contribution in [0, 0.1) is 0 Å². The van der Waals surface area contributed by atoms with Gasteiger partial charge in [-0.1, -0.05) is 69.6 Å². The van der Waals surface area contributed by atoms with Crippen LogP contribution in [0.15, 0.2) is 21.1 Å². The Hall–Kier alpha value is 0.200. The molecule has 1 aromatic rings. The molecule has 19 heavy (non-hydrogen) atoms. The lowest BCUT2D eigenvalue weighted by Crippen LogP contribution is -2.04. The minimum absolute atomic E-state index is 0.0215. The molecule has 0 unspecified atom stereocenters. The summed E-state index contributed by atoms with van der Waals surface area (Å²) in [5, 5.41) is 9.91. The monoisotopic (exact) mass is 379 g/mol. The van der Waals surface area contributed by atoms with Crippen molar-refractivity contribution in [1.82, 2.24) is 0 Å². The summed E-state index contributed by atoms with van der Waals surface area (Å²) >= 11 is 34.5. The number of benzene rings is 1. The maximum absolute atomic E-state index is 9.87. The number of rotatable bonds is 3. The average molecular weight is 382 g/mol. The summed E-state index contributed by atoms with van der Waals surface area (Å²) in [6, 6.07) is 2.88. The molecule has 1 aromatic carbocycles. The predicted molar refractivity (Wildman–Crippen MR) is 85.0 cm³/mol. The van der Waals surface area contributed by atoms with E-state index in [1.807, 2.05) is 0 Å². The van der Waals surface area contributed by atoms with Gasteiger partial charge in [0.1, 0.15) is 14.7 Å². The van der Waals surface area contributed by atoms with Crippen LogP contribution >= 0.6 is 69.6 Å². The van der Waals surface area contributed by atoms with Gasteiger partial charge in [-0.15, -0.1) is 0 Å². The fraction of sp³-hybridized carbons (Fsp3) is 0.0909. The van der Waals surface area contributed by atoms with E-state index >= 15 is 0 Å². The van der Waals surface area contributed by atoms with Crippen molar-refractivity contribution in [2.45, 2.75) is 6.54 Å². The molecule has 0 saturated heterocycles. The van der Waals surface area contributed by atoms with E-state index in [0.717, 1.165) is 0 Å². The second kappa shape index (κ2) is 7.28. The van der Waals surface area contributed by atoms with Crippen LogP contribution in [0.3, 0.4) is 0 Å². The number of hydrogen-bond donors (Lipinski definition) is 2. The van der Waals surface area contributed by atoms with Gasteiger partial charge in [-0.05, 0) is 17.7 Å². The van der Waals surface area contributed by atoms with Crippen LogP contribution in [0.25, 0.3) is 10.1 Å². The molecule has 0 heterocycles. The van der Waals surface area contributed by atoms with Gasteiger partial charge in [-0.25, -0.2) is 0 Å². The zero-order chi connectivity index (χ0) is 14.7. The van der Waals surface area contributed by atoms with E-state index in [0.29, 0.717) is 11.1 Å². The lowest BCUT2D eigenvalue weighted by Gasteiger charge is -2.14. The van der Waals surface area contributed by atoms with Crippen molar-refractivity contribution in [3.05, 3.63) is 37.8 Å². The van der Waals surface area contributed by atoms with E-state index in [2.05, 4.69) is 0 Å². The molecule has 0 bridgehead atoms. The van der Waals surface area contributed by atoms with Crippen LogP contribution < -0.4 is 5.73 Å². The van der Waals surface area contributed by atoms with Gasteiger partial charge in [-0.3, -0.25) is 0 Å². The Labute approximate surface area is 140 Å². The lowest BCUT2D eigenvalue weighted by atomic mass is 9.99. The van der Waals surface area contributed by atoms with Gasteiger partial charge in [0.05, 0.1) is 10.1 Å². The first kappa shape index (κ1) is 17.3. The molecule has 3 N–H and O–H groups in total. The smallest absolute Gasteiger partial charge is 0.126 e. The van der Waals surface area contributed by atoms with Gasteiger partial charge in [0.15, 0.2) is 0 Å². The third-order valence-corrected chi connectivity index (χ3v) is 4.20. The molecule has 0 fully saturated rings. The summed E-state index contributed by atoms with van der Waals surface area (Å²) < 4.78 is -0.342. The van der Waals surface area contributed by atoms with Gasteiger partial charge in [0.2, 0.25) is 0 Å². The molecule has 0 radical (unpaired) electrons. The van der Waals surface area contributed by atoms with Crippen LogP contribution in [0.1, 0.15) is 16.7 Å². The van der Waals surface area contributed by atoms with Crippen LogP contribution in [-0.4, -0.2) is 5.11 Å². The molecular weight excluding hydrogens is 375 g/mol. The third-order valence-electron chi connectivity index (χ3n) is 2.28. The normalized spacial score (nSPS) is 10.3. The number of nitrogens with two attached hydrogens (primary N) is 1. The maximum atomic E-state index is 9.87. The standard InChI is InChI=1S/C11H7Cl6NO/c12-8(10(14)15)4-1-2-6(19)7(5(4)3-18)9(13)11(16)17/h1-2,19H,3,18H2. The van der Waals surface area contributed by atoms with Crippen molar-refractivity contribution in [1.29, 1.82) is 0 Å². The van der Waals surface area contributed by atoms with Crippen molar-refractivity contribution in [2.24, 2.45) is 5.73 Å². The van der Waals surface area contributed by atoms with Gasteiger partial charge in [0.25, 0.3) is 0 Å². The first-order valence-corrected chi connectivity index (χ1v) is 7.05. The van der Waals surface area contributed by atoms with Gasteiger partial charge < -0.3 is 10.8 Å². The molecule has 0 saturated carbocycles. The molecule has 0 aromatic heterocycles. The second-order valence-corrected chi connectivity index (χ2v) is 5.99. The van der Waals surface area contributed by atoms with Crippen molar-refractivity contribution in [2.75, 3.05) is 0 Å². The summed E-state index contributed by atoms with van der Waals surface area (Å²) in [6.45, 7) is 0.0215. The largest absolute Gasteiger partial charge is 0.507 e. The van der Waals surface area contributed by atoms with Gasteiger partial charge in [-0.2, -0.15) is 0 Å². The van der Waals surface area contributed by atoms with Crippen LogP contribution in [0.2, 0.25) is 0 Å². The fourth-order valence-corrected chi connectivity index (χ4v) is 2.27. The zero-order valence-corrected chi connectivity index (χ0v) is 13.7. The Morgan fingerprint density at radius 3 is 1.89 bits per heavy atom. The second-order valence-electron chi connectivity index (χ2n) is 3.34. The number of phenols is 1. The van der Waals surface area contributed by atoms with E-state index in [1.54, 1.807) is 0 Å². The Morgan fingerprint density at radius 1 is 0.947 bits per heavy atom. The molecule has 0 amide bonds. The molecule has 2 nitrogen and oxygen atoms in total. The van der Waals surface area contributed by atoms with E-state index in [9.17, 15) is 5.11 Å². The first-order valence-electron chi connectivity index (χ1n) is 4.78. The average Bonchev–Trinajstić information content (AvgIpc) is 2.36. The molecule has 8 heteroatoms. The summed E-state index contributed by atoms with van der Waals surface area (Å²) in [7, 11) is 0. The van der Waals surface area contributed by atoms with Crippen molar-refractivity contribution in [3.8, 4) is 5.75 Å². The highest BCUT2D eigenvalue weighted by Gasteiger charge is 2.19. The highest BCUT2D eigenvalue weighted by molar-refractivity contribution is 6.68. The van der Waals surface area contributed by atoms with Crippen LogP contribution in [0.5, 0.6) is 5.75 Å². The summed E-state index contributed by atoms with van der Waals surface area (Å²) in [4.78, 5) is 0. The van der Waals surface area contributed by atoms with E-state index in [1.165, 1.54) is 12.1 Å². The number of phenolic OH excluding ortho intramolecular Hbond substituents is 1. The van der Waals surface area contributed by atoms with E-state index in [-0.39, 0.29) is 36.9 Å². The van der Waals surface area contributed by atoms with Crippen LogP contribution in [0.4, 0.5) is 0 Å². The molecular formula is C11H7Cl6NO. The molecule has 1 rings (SSSR count). The molecule has 0 atom stereocenters.